The lowest BCUT2D eigenvalue weighted by molar-refractivity contribution is -0.142. The van der Waals surface area contributed by atoms with Crippen LogP contribution in [0.25, 0.3) is 0 Å². The standard InChI is InChI=1S/C17H22N2O3/c1-2-7-19-15-6-5-14(9-13(15)10-16(19)20)18-8-3-4-12(11-18)17(21)22/h5-6,9,12H,2-4,7-8,10-11H2,1H3,(H,21,22). The number of benzene rings is 1. The lowest BCUT2D eigenvalue weighted by atomic mass is 9.97. The molecule has 1 saturated heterocycles. The summed E-state index contributed by atoms with van der Waals surface area (Å²) < 4.78 is 0. The molecule has 5 heteroatoms. The Morgan fingerprint density at radius 3 is 2.95 bits per heavy atom. The molecule has 2 heterocycles. The van der Waals surface area contributed by atoms with E-state index in [0.717, 1.165) is 49.3 Å². The fourth-order valence-electron chi connectivity index (χ4n) is 3.45. The maximum Gasteiger partial charge on any atom is 0.308 e. The summed E-state index contributed by atoms with van der Waals surface area (Å²) in [7, 11) is 0. The molecule has 0 aliphatic carbocycles. The van der Waals surface area contributed by atoms with Crippen LogP contribution >= 0.6 is 0 Å². The molecule has 0 spiro atoms. The Morgan fingerprint density at radius 2 is 2.23 bits per heavy atom. The normalized spacial score (nSPS) is 21.1. The smallest absolute Gasteiger partial charge is 0.308 e. The van der Waals surface area contributed by atoms with Crippen LogP contribution in [0.15, 0.2) is 18.2 Å². The Labute approximate surface area is 130 Å². The van der Waals surface area contributed by atoms with E-state index in [1.54, 1.807) is 0 Å². The minimum Gasteiger partial charge on any atom is -0.481 e. The van der Waals surface area contributed by atoms with Gasteiger partial charge in [0.25, 0.3) is 0 Å². The molecule has 1 N–H and O–H groups in total. The van der Waals surface area contributed by atoms with Gasteiger partial charge >= 0.3 is 5.97 Å². The summed E-state index contributed by atoms with van der Waals surface area (Å²) in [5, 5.41) is 9.21. The van der Waals surface area contributed by atoms with Crippen molar-refractivity contribution in [1.82, 2.24) is 0 Å². The number of anilines is 2. The number of carboxylic acid groups (broad SMARTS) is 1. The molecule has 5 nitrogen and oxygen atoms in total. The lowest BCUT2D eigenvalue weighted by Crippen LogP contribution is -2.38. The number of amides is 1. The van der Waals surface area contributed by atoms with Gasteiger partial charge < -0.3 is 14.9 Å². The van der Waals surface area contributed by atoms with E-state index in [9.17, 15) is 14.7 Å². The first kappa shape index (κ1) is 14.9. The van der Waals surface area contributed by atoms with Crippen molar-refractivity contribution in [3.8, 4) is 0 Å². The Bertz CT molecular complexity index is 600. The molecule has 1 amide bonds. The third-order valence-electron chi connectivity index (χ3n) is 4.58. The highest BCUT2D eigenvalue weighted by Crippen LogP contribution is 2.33. The number of hydrogen-bond acceptors (Lipinski definition) is 3. The zero-order chi connectivity index (χ0) is 15.7. The number of carbonyl (C=O) groups excluding carboxylic acids is 1. The summed E-state index contributed by atoms with van der Waals surface area (Å²) in [4.78, 5) is 27.3. The monoisotopic (exact) mass is 302 g/mol. The zero-order valence-corrected chi connectivity index (χ0v) is 12.9. The molecule has 22 heavy (non-hydrogen) atoms. The molecule has 1 fully saturated rings. The predicted octanol–water partition coefficient (Wildman–Crippen LogP) is 2.29. The molecule has 3 rings (SSSR count). The van der Waals surface area contributed by atoms with Crippen molar-refractivity contribution in [2.24, 2.45) is 5.92 Å². The number of carbonyl (C=O) groups is 2. The second kappa shape index (κ2) is 5.99. The average molecular weight is 302 g/mol. The van der Waals surface area contributed by atoms with Gasteiger partial charge in [0.2, 0.25) is 5.91 Å². The summed E-state index contributed by atoms with van der Waals surface area (Å²) in [6.45, 7) is 4.27. The molecule has 1 unspecified atom stereocenters. The number of carboxylic acids is 1. The third-order valence-corrected chi connectivity index (χ3v) is 4.58. The topological polar surface area (TPSA) is 60.9 Å². The van der Waals surface area contributed by atoms with E-state index >= 15 is 0 Å². The summed E-state index contributed by atoms with van der Waals surface area (Å²) in [5.74, 6) is -0.841. The number of fused-ring (bicyclic) bond motifs is 1. The molecule has 0 saturated carbocycles. The fraction of sp³-hybridized carbons (Fsp3) is 0.529. The molecule has 0 aromatic heterocycles. The Balaban J connectivity index is 1.81. The quantitative estimate of drug-likeness (QED) is 0.927. The number of rotatable bonds is 4. The van der Waals surface area contributed by atoms with Gasteiger partial charge in [0.1, 0.15) is 0 Å². The molecule has 2 aliphatic rings. The minimum absolute atomic E-state index is 0.163. The molecule has 1 aromatic carbocycles. The van der Waals surface area contributed by atoms with E-state index in [1.165, 1.54) is 0 Å². The first-order valence-electron chi connectivity index (χ1n) is 8.01. The van der Waals surface area contributed by atoms with Gasteiger partial charge in [0.15, 0.2) is 0 Å². The van der Waals surface area contributed by atoms with Crippen LogP contribution in [-0.4, -0.2) is 36.6 Å². The zero-order valence-electron chi connectivity index (χ0n) is 12.9. The van der Waals surface area contributed by atoms with Crippen molar-refractivity contribution in [3.05, 3.63) is 23.8 Å². The van der Waals surface area contributed by atoms with Crippen LogP contribution in [0.1, 0.15) is 31.7 Å². The van der Waals surface area contributed by atoms with Crippen molar-refractivity contribution in [1.29, 1.82) is 0 Å². The Morgan fingerprint density at radius 1 is 1.41 bits per heavy atom. The maximum atomic E-state index is 12.1. The third kappa shape index (κ3) is 2.67. The van der Waals surface area contributed by atoms with Crippen molar-refractivity contribution >= 4 is 23.3 Å². The summed E-state index contributed by atoms with van der Waals surface area (Å²) in [5.41, 5.74) is 3.12. The second-order valence-electron chi connectivity index (χ2n) is 6.16. The first-order valence-corrected chi connectivity index (χ1v) is 8.01. The van der Waals surface area contributed by atoms with Crippen LogP contribution in [0.4, 0.5) is 11.4 Å². The highest BCUT2D eigenvalue weighted by atomic mass is 16.4. The summed E-state index contributed by atoms with van der Waals surface area (Å²) >= 11 is 0. The van der Waals surface area contributed by atoms with E-state index < -0.39 is 5.97 Å². The van der Waals surface area contributed by atoms with E-state index in [4.69, 9.17) is 0 Å². The highest BCUT2D eigenvalue weighted by molar-refractivity contribution is 6.01. The molecular formula is C17H22N2O3. The van der Waals surface area contributed by atoms with Gasteiger partial charge in [-0.1, -0.05) is 6.92 Å². The van der Waals surface area contributed by atoms with E-state index in [-0.39, 0.29) is 11.8 Å². The highest BCUT2D eigenvalue weighted by Gasteiger charge is 2.29. The van der Waals surface area contributed by atoms with Gasteiger partial charge in [-0.05, 0) is 43.0 Å². The van der Waals surface area contributed by atoms with Gasteiger partial charge in [0.05, 0.1) is 12.3 Å². The molecule has 1 atom stereocenters. The molecule has 0 radical (unpaired) electrons. The second-order valence-corrected chi connectivity index (χ2v) is 6.16. The van der Waals surface area contributed by atoms with Crippen LogP contribution in [0.3, 0.4) is 0 Å². The van der Waals surface area contributed by atoms with Crippen molar-refractivity contribution in [2.75, 3.05) is 29.4 Å². The lowest BCUT2D eigenvalue weighted by Gasteiger charge is -2.33. The molecule has 1 aromatic rings. The number of hydrogen-bond donors (Lipinski definition) is 1. The van der Waals surface area contributed by atoms with Gasteiger partial charge in [-0.3, -0.25) is 9.59 Å². The number of aliphatic carboxylic acids is 1. The largest absolute Gasteiger partial charge is 0.481 e. The predicted molar refractivity (Wildman–Crippen MR) is 85.4 cm³/mol. The summed E-state index contributed by atoms with van der Waals surface area (Å²) in [6, 6.07) is 6.09. The van der Waals surface area contributed by atoms with Crippen LogP contribution in [0, 0.1) is 5.92 Å². The van der Waals surface area contributed by atoms with Gasteiger partial charge in [-0.25, -0.2) is 0 Å². The van der Waals surface area contributed by atoms with E-state index in [0.29, 0.717) is 13.0 Å². The molecule has 0 bridgehead atoms. The van der Waals surface area contributed by atoms with Crippen molar-refractivity contribution in [2.45, 2.75) is 32.6 Å². The van der Waals surface area contributed by atoms with Crippen LogP contribution in [0.2, 0.25) is 0 Å². The van der Waals surface area contributed by atoms with Crippen LogP contribution in [-0.2, 0) is 16.0 Å². The van der Waals surface area contributed by atoms with Gasteiger partial charge in [-0.2, -0.15) is 0 Å². The SMILES string of the molecule is CCCN1C(=O)Cc2cc(N3CCCC(C(=O)O)C3)ccc21. The van der Waals surface area contributed by atoms with Crippen molar-refractivity contribution in [3.63, 3.8) is 0 Å². The Kier molecular flexibility index (Phi) is 4.05. The van der Waals surface area contributed by atoms with E-state index in [2.05, 4.69) is 17.9 Å². The van der Waals surface area contributed by atoms with Crippen molar-refractivity contribution < 1.29 is 14.7 Å². The summed E-state index contributed by atoms with van der Waals surface area (Å²) in [6.07, 6.45) is 3.05. The Hall–Kier alpha value is -2.04. The average Bonchev–Trinajstić information content (AvgIpc) is 2.83. The molecule has 118 valence electrons. The number of nitrogens with zero attached hydrogens (tertiary/aromatic N) is 2. The van der Waals surface area contributed by atoms with Crippen LogP contribution in [0.5, 0.6) is 0 Å². The fourth-order valence-corrected chi connectivity index (χ4v) is 3.45. The molecule has 2 aliphatic heterocycles. The van der Waals surface area contributed by atoms with E-state index in [1.807, 2.05) is 17.0 Å². The first-order chi connectivity index (χ1) is 10.6. The van der Waals surface area contributed by atoms with Crippen LogP contribution < -0.4 is 9.80 Å². The van der Waals surface area contributed by atoms with Gasteiger partial charge in [0, 0.05) is 31.0 Å². The van der Waals surface area contributed by atoms with Gasteiger partial charge in [-0.15, -0.1) is 0 Å². The maximum absolute atomic E-state index is 12.1. The number of piperidine rings is 1. The molecular weight excluding hydrogens is 280 g/mol. The minimum atomic E-state index is -0.713.